The van der Waals surface area contributed by atoms with Crippen LogP contribution in [0.15, 0.2) is 46.2 Å². The minimum absolute atomic E-state index is 0.213. The van der Waals surface area contributed by atoms with Gasteiger partial charge in [-0.05, 0) is 48.4 Å². The monoisotopic (exact) mass is 369 g/mol. The first-order valence-corrected chi connectivity index (χ1v) is 10.5. The predicted octanol–water partition coefficient (Wildman–Crippen LogP) is 4.99. The summed E-state index contributed by atoms with van der Waals surface area (Å²) in [5, 5.41) is 0.405. The van der Waals surface area contributed by atoms with Gasteiger partial charge < -0.3 is 0 Å². The van der Waals surface area contributed by atoms with Crippen LogP contribution in [0.25, 0.3) is 0 Å². The van der Waals surface area contributed by atoms with Crippen LogP contribution < -0.4 is 4.72 Å². The summed E-state index contributed by atoms with van der Waals surface area (Å²) in [6.07, 6.45) is 3.37. The van der Waals surface area contributed by atoms with Gasteiger partial charge in [0.15, 0.2) is 0 Å². The summed E-state index contributed by atoms with van der Waals surface area (Å²) in [4.78, 5) is 0.888. The summed E-state index contributed by atoms with van der Waals surface area (Å²) >= 11 is 7.38. The average molecular weight is 370 g/mol. The van der Waals surface area contributed by atoms with Crippen molar-refractivity contribution in [2.24, 2.45) is 0 Å². The zero-order valence-electron chi connectivity index (χ0n) is 13.4. The van der Waals surface area contributed by atoms with Gasteiger partial charge >= 0.3 is 0 Å². The smallest absolute Gasteiger partial charge is 0.263 e. The number of hydrogen-bond donors (Lipinski definition) is 1. The lowest BCUT2D eigenvalue weighted by Gasteiger charge is -2.17. The fraction of sp³-hybridized carbons (Fsp3) is 0.294. The molecule has 0 radical (unpaired) electrons. The topological polar surface area (TPSA) is 46.2 Å². The molecule has 0 saturated heterocycles. The fourth-order valence-corrected chi connectivity index (χ4v) is 4.96. The number of halogens is 1. The number of rotatable bonds is 6. The zero-order chi connectivity index (χ0) is 17.0. The van der Waals surface area contributed by atoms with Crippen LogP contribution in [0, 0.1) is 0 Å². The summed E-state index contributed by atoms with van der Waals surface area (Å²) in [5.74, 6) is 0. The Morgan fingerprint density at radius 3 is 2.22 bits per heavy atom. The highest BCUT2D eigenvalue weighted by atomic mass is 35.5. The molecule has 0 atom stereocenters. The molecule has 2 rings (SSSR count). The fourth-order valence-electron chi connectivity index (χ4n) is 2.42. The molecule has 0 unspecified atom stereocenters. The normalized spacial score (nSPS) is 11.5. The van der Waals surface area contributed by atoms with Gasteiger partial charge in [0.05, 0.1) is 5.69 Å². The van der Waals surface area contributed by atoms with Crippen LogP contribution in [0.5, 0.6) is 0 Å². The molecule has 23 heavy (non-hydrogen) atoms. The summed E-state index contributed by atoms with van der Waals surface area (Å²) in [5.41, 5.74) is 2.66. The Balaban J connectivity index is 2.54. The minimum atomic E-state index is -3.70. The molecule has 0 aliphatic heterocycles. The van der Waals surface area contributed by atoms with Crippen LogP contribution in [-0.4, -0.2) is 14.7 Å². The molecule has 0 amide bonds. The number of benzene rings is 2. The van der Waals surface area contributed by atoms with Gasteiger partial charge in [-0.1, -0.05) is 43.6 Å². The SMILES string of the molecule is CCc1cccc(CC)c1NS(=O)(=O)c1cc(Cl)ccc1SC. The second-order valence-electron chi connectivity index (χ2n) is 5.06. The van der Waals surface area contributed by atoms with Crippen molar-refractivity contribution in [3.05, 3.63) is 52.5 Å². The van der Waals surface area contributed by atoms with Crippen molar-refractivity contribution in [1.29, 1.82) is 0 Å². The van der Waals surface area contributed by atoms with E-state index in [0.717, 1.165) is 24.0 Å². The maximum atomic E-state index is 12.9. The van der Waals surface area contributed by atoms with Crippen LogP contribution in [0.1, 0.15) is 25.0 Å². The Bertz CT molecular complexity index is 782. The second kappa shape index (κ2) is 7.60. The molecular weight excluding hydrogens is 350 g/mol. The highest BCUT2D eigenvalue weighted by Gasteiger charge is 2.21. The maximum Gasteiger partial charge on any atom is 0.263 e. The lowest BCUT2D eigenvalue weighted by molar-refractivity contribution is 0.599. The third-order valence-electron chi connectivity index (χ3n) is 3.65. The van der Waals surface area contributed by atoms with Gasteiger partial charge in [0, 0.05) is 9.92 Å². The molecule has 0 aromatic heterocycles. The Labute approximate surface area is 147 Å². The third-order valence-corrected chi connectivity index (χ3v) is 6.20. The number of hydrogen-bond acceptors (Lipinski definition) is 3. The van der Waals surface area contributed by atoms with E-state index in [4.69, 9.17) is 11.6 Å². The largest absolute Gasteiger partial charge is 0.279 e. The molecule has 0 fully saturated rings. The third kappa shape index (κ3) is 4.03. The molecule has 6 heteroatoms. The van der Waals surface area contributed by atoms with Crippen molar-refractivity contribution < 1.29 is 8.42 Å². The lowest BCUT2D eigenvalue weighted by atomic mass is 10.0. The number of nitrogens with one attached hydrogen (secondary N) is 1. The molecule has 0 bridgehead atoms. The number of thioether (sulfide) groups is 1. The van der Waals surface area contributed by atoms with E-state index in [1.165, 1.54) is 17.8 Å². The molecule has 124 valence electrons. The van der Waals surface area contributed by atoms with Crippen LogP contribution in [0.4, 0.5) is 5.69 Å². The summed E-state index contributed by atoms with van der Waals surface area (Å²) in [6, 6.07) is 10.8. The molecule has 0 aliphatic rings. The van der Waals surface area contributed by atoms with E-state index in [1.54, 1.807) is 12.1 Å². The van der Waals surface area contributed by atoms with E-state index >= 15 is 0 Å². The quantitative estimate of drug-likeness (QED) is 0.730. The Morgan fingerprint density at radius 1 is 1.09 bits per heavy atom. The van der Waals surface area contributed by atoms with Gasteiger partial charge in [0.1, 0.15) is 4.90 Å². The van der Waals surface area contributed by atoms with E-state index in [1.807, 2.05) is 38.3 Å². The molecule has 1 N–H and O–H groups in total. The van der Waals surface area contributed by atoms with E-state index in [9.17, 15) is 8.42 Å². The summed E-state index contributed by atoms with van der Waals surface area (Å²) in [6.45, 7) is 4.03. The van der Waals surface area contributed by atoms with Crippen molar-refractivity contribution in [2.45, 2.75) is 36.5 Å². The van der Waals surface area contributed by atoms with Crippen molar-refractivity contribution in [3.63, 3.8) is 0 Å². The van der Waals surface area contributed by atoms with Gasteiger partial charge in [-0.15, -0.1) is 11.8 Å². The zero-order valence-corrected chi connectivity index (χ0v) is 15.8. The van der Waals surface area contributed by atoms with Gasteiger partial charge in [0.25, 0.3) is 10.0 Å². The van der Waals surface area contributed by atoms with Crippen molar-refractivity contribution in [3.8, 4) is 0 Å². The maximum absolute atomic E-state index is 12.9. The van der Waals surface area contributed by atoms with Gasteiger partial charge in [-0.2, -0.15) is 0 Å². The molecule has 0 spiro atoms. The Morgan fingerprint density at radius 2 is 1.70 bits per heavy atom. The molecule has 0 aliphatic carbocycles. The average Bonchev–Trinajstić information content (AvgIpc) is 2.54. The Kier molecular flexibility index (Phi) is 6.00. The van der Waals surface area contributed by atoms with Crippen LogP contribution >= 0.6 is 23.4 Å². The van der Waals surface area contributed by atoms with Gasteiger partial charge in [-0.3, -0.25) is 4.72 Å². The van der Waals surface area contributed by atoms with Crippen LogP contribution in [0.3, 0.4) is 0 Å². The van der Waals surface area contributed by atoms with E-state index in [-0.39, 0.29) is 4.90 Å². The van der Waals surface area contributed by atoms with Gasteiger partial charge in [0.2, 0.25) is 0 Å². The molecular formula is C17H20ClNO2S2. The van der Waals surface area contributed by atoms with Crippen LogP contribution in [0.2, 0.25) is 5.02 Å². The van der Waals surface area contributed by atoms with Crippen LogP contribution in [-0.2, 0) is 22.9 Å². The van der Waals surface area contributed by atoms with Gasteiger partial charge in [-0.25, -0.2) is 8.42 Å². The minimum Gasteiger partial charge on any atom is -0.279 e. The first-order valence-electron chi connectivity index (χ1n) is 7.40. The van der Waals surface area contributed by atoms with Crippen molar-refractivity contribution >= 4 is 39.1 Å². The van der Waals surface area contributed by atoms with Crippen molar-refractivity contribution in [1.82, 2.24) is 0 Å². The number of aryl methyl sites for hydroxylation is 2. The molecule has 2 aromatic rings. The van der Waals surface area contributed by atoms with Crippen molar-refractivity contribution in [2.75, 3.05) is 11.0 Å². The highest BCUT2D eigenvalue weighted by molar-refractivity contribution is 7.99. The molecule has 2 aromatic carbocycles. The number of para-hydroxylation sites is 1. The molecule has 3 nitrogen and oxygen atoms in total. The number of sulfonamides is 1. The summed E-state index contributed by atoms with van der Waals surface area (Å²) in [7, 11) is -3.70. The predicted molar refractivity (Wildman–Crippen MR) is 99.2 cm³/mol. The standard InChI is InChI=1S/C17H20ClNO2S2/c1-4-12-7-6-8-13(5-2)17(12)19-23(20,21)16-11-14(18)9-10-15(16)22-3/h6-11,19H,4-5H2,1-3H3. The number of anilines is 1. The Hall–Kier alpha value is -1.17. The molecule has 0 saturated carbocycles. The molecule has 0 heterocycles. The van der Waals surface area contributed by atoms with E-state index in [2.05, 4.69) is 4.72 Å². The second-order valence-corrected chi connectivity index (χ2v) is 7.99. The first kappa shape index (κ1) is 18.2. The summed E-state index contributed by atoms with van der Waals surface area (Å²) < 4.78 is 28.5. The first-order chi connectivity index (χ1) is 10.9. The van der Waals surface area contributed by atoms with E-state index < -0.39 is 10.0 Å². The van der Waals surface area contributed by atoms with E-state index in [0.29, 0.717) is 15.6 Å². The highest BCUT2D eigenvalue weighted by Crippen LogP contribution is 2.31. The lowest BCUT2D eigenvalue weighted by Crippen LogP contribution is -2.16.